The van der Waals surface area contributed by atoms with E-state index in [1.807, 2.05) is 20.8 Å². The van der Waals surface area contributed by atoms with Crippen molar-refractivity contribution in [3.8, 4) is 0 Å². The summed E-state index contributed by atoms with van der Waals surface area (Å²) in [7, 11) is -2.40. The van der Waals surface area contributed by atoms with E-state index in [0.717, 1.165) is 12.5 Å². The molecule has 104 valence electrons. The Morgan fingerprint density at radius 3 is 1.65 bits per heavy atom. The molecule has 0 bridgehead atoms. The normalized spacial score (nSPS) is 14.1. The van der Waals surface area contributed by atoms with Crippen molar-refractivity contribution < 1.29 is 13.3 Å². The molecule has 1 aliphatic heterocycles. The monoisotopic (exact) mass is 283 g/mol. The van der Waals surface area contributed by atoms with Crippen LogP contribution in [0.1, 0.15) is 27.2 Å². The average molecular weight is 284 g/mol. The van der Waals surface area contributed by atoms with Gasteiger partial charge in [0.25, 0.3) is 0 Å². The first-order valence-corrected chi connectivity index (χ1v) is 8.89. The van der Waals surface area contributed by atoms with Gasteiger partial charge < -0.3 is 18.6 Å². The summed E-state index contributed by atoms with van der Waals surface area (Å²) < 4.78 is 16.9. The highest BCUT2D eigenvalue weighted by molar-refractivity contribution is 6.60. The molecule has 1 saturated heterocycles. The van der Waals surface area contributed by atoms with E-state index in [4.69, 9.17) is 24.9 Å². The molecule has 1 N–H and O–H groups in total. The molecule has 0 spiro atoms. The number of rotatable bonds is 9. The molecule has 0 aromatic carbocycles. The molecule has 0 unspecified atom stereocenters. The van der Waals surface area contributed by atoms with Crippen LogP contribution in [0.3, 0.4) is 0 Å². The maximum Gasteiger partial charge on any atom is 0.500 e. The largest absolute Gasteiger partial charge is 0.500 e. The Balaban J connectivity index is 0.000000728. The van der Waals surface area contributed by atoms with E-state index < -0.39 is 8.80 Å². The summed E-state index contributed by atoms with van der Waals surface area (Å²) in [5.74, 6) is 0.627. The van der Waals surface area contributed by atoms with Crippen molar-refractivity contribution in [1.29, 1.82) is 0 Å². The third-order valence-electron chi connectivity index (χ3n) is 1.96. The van der Waals surface area contributed by atoms with E-state index in [9.17, 15) is 0 Å². The molecular formula is C11H26ClNO3Si. The van der Waals surface area contributed by atoms with Crippen LogP contribution in [0.4, 0.5) is 0 Å². The summed E-state index contributed by atoms with van der Waals surface area (Å²) in [5.41, 5.74) is 0. The van der Waals surface area contributed by atoms with Gasteiger partial charge in [0.15, 0.2) is 0 Å². The predicted molar refractivity (Wildman–Crippen MR) is 73.6 cm³/mol. The zero-order valence-corrected chi connectivity index (χ0v) is 13.0. The maximum atomic E-state index is 5.66. The topological polar surface area (TPSA) is 49.6 Å². The molecule has 17 heavy (non-hydrogen) atoms. The van der Waals surface area contributed by atoms with Crippen LogP contribution in [0.2, 0.25) is 6.04 Å². The van der Waals surface area contributed by atoms with Gasteiger partial charge in [-0.15, -0.1) is 11.6 Å². The first kappa shape index (κ1) is 17.3. The van der Waals surface area contributed by atoms with Crippen LogP contribution in [0.25, 0.3) is 0 Å². The van der Waals surface area contributed by atoms with Gasteiger partial charge in [-0.05, 0) is 27.2 Å². The molecule has 1 fully saturated rings. The minimum Gasteiger partial charge on any atom is -0.374 e. The number of hydrogen-bond acceptors (Lipinski definition) is 4. The third kappa shape index (κ3) is 10.00. The van der Waals surface area contributed by atoms with E-state index >= 15 is 0 Å². The van der Waals surface area contributed by atoms with Crippen LogP contribution < -0.4 is 5.32 Å². The predicted octanol–water partition coefficient (Wildman–Crippen LogP) is 2.25. The van der Waals surface area contributed by atoms with Crippen molar-refractivity contribution in [2.45, 2.75) is 33.2 Å². The molecule has 1 heterocycles. The summed E-state index contributed by atoms with van der Waals surface area (Å²) in [6.07, 6.45) is 0.883. The smallest absolute Gasteiger partial charge is 0.374 e. The molecule has 0 aromatic rings. The van der Waals surface area contributed by atoms with E-state index in [0.29, 0.717) is 25.7 Å². The van der Waals surface area contributed by atoms with Gasteiger partial charge >= 0.3 is 8.80 Å². The van der Waals surface area contributed by atoms with Gasteiger partial charge in [0.2, 0.25) is 0 Å². The van der Waals surface area contributed by atoms with Gasteiger partial charge in [-0.3, -0.25) is 0 Å². The SMILES string of the molecule is C1CN1.CCO[Si](CCCCl)(OCC)OCC. The molecule has 0 atom stereocenters. The van der Waals surface area contributed by atoms with Crippen molar-refractivity contribution >= 4 is 20.4 Å². The maximum absolute atomic E-state index is 5.66. The molecular weight excluding hydrogens is 258 g/mol. The Labute approximate surface area is 111 Å². The Bertz CT molecular complexity index is 153. The average Bonchev–Trinajstić information content (AvgIpc) is 3.15. The summed E-state index contributed by atoms with van der Waals surface area (Å²) in [4.78, 5) is 0. The Morgan fingerprint density at radius 2 is 1.41 bits per heavy atom. The molecule has 1 aliphatic rings. The van der Waals surface area contributed by atoms with Crippen molar-refractivity contribution in [2.75, 3.05) is 38.8 Å². The zero-order chi connectivity index (χ0) is 13.0. The molecule has 0 saturated carbocycles. The van der Waals surface area contributed by atoms with E-state index in [-0.39, 0.29) is 0 Å². The number of nitrogens with one attached hydrogen (secondary N) is 1. The number of alkyl halides is 1. The lowest BCUT2D eigenvalue weighted by Gasteiger charge is -2.28. The van der Waals surface area contributed by atoms with Crippen molar-refractivity contribution in [2.24, 2.45) is 0 Å². The first-order valence-electron chi connectivity index (χ1n) is 6.43. The fourth-order valence-corrected chi connectivity index (χ4v) is 4.25. The fourth-order valence-electron chi connectivity index (χ4n) is 1.28. The Kier molecular flexibility index (Phi) is 11.7. The second kappa shape index (κ2) is 11.4. The summed E-state index contributed by atoms with van der Waals surface area (Å²) in [6, 6.07) is 0.812. The van der Waals surface area contributed by atoms with E-state index in [1.54, 1.807) is 0 Å². The number of hydrogen-bond donors (Lipinski definition) is 1. The lowest BCUT2D eigenvalue weighted by Crippen LogP contribution is -2.46. The second-order valence-corrected chi connectivity index (χ2v) is 6.63. The standard InChI is InChI=1S/C9H21ClO3Si.C2H5N/c1-4-11-14(12-5-2,13-6-3)9-7-8-10;1-2-3-1/h4-9H2,1-3H3;3H,1-2H2. The quantitative estimate of drug-likeness (QED) is 0.401. The lowest BCUT2D eigenvalue weighted by atomic mass is 10.6. The molecule has 0 radical (unpaired) electrons. The van der Waals surface area contributed by atoms with E-state index in [2.05, 4.69) is 5.32 Å². The van der Waals surface area contributed by atoms with Gasteiger partial charge in [0, 0.05) is 44.8 Å². The summed E-state index contributed by atoms with van der Waals surface area (Å²) in [6.45, 7) is 10.3. The second-order valence-electron chi connectivity index (χ2n) is 3.52. The summed E-state index contributed by atoms with van der Waals surface area (Å²) >= 11 is 5.66. The molecule has 6 heteroatoms. The highest BCUT2D eigenvalue weighted by Gasteiger charge is 2.39. The molecule has 0 aromatic heterocycles. The van der Waals surface area contributed by atoms with E-state index in [1.165, 1.54) is 13.1 Å². The van der Waals surface area contributed by atoms with Crippen LogP contribution in [0, 0.1) is 0 Å². The van der Waals surface area contributed by atoms with Gasteiger partial charge in [-0.2, -0.15) is 0 Å². The highest BCUT2D eigenvalue weighted by atomic mass is 35.5. The molecule has 4 nitrogen and oxygen atoms in total. The molecule has 0 amide bonds. The third-order valence-corrected chi connectivity index (χ3v) is 5.38. The molecule has 0 aliphatic carbocycles. The Morgan fingerprint density at radius 1 is 1.00 bits per heavy atom. The highest BCUT2D eigenvalue weighted by Crippen LogP contribution is 2.18. The van der Waals surface area contributed by atoms with Gasteiger partial charge in [-0.25, -0.2) is 0 Å². The van der Waals surface area contributed by atoms with Crippen molar-refractivity contribution in [3.63, 3.8) is 0 Å². The minimum atomic E-state index is -2.40. The zero-order valence-electron chi connectivity index (χ0n) is 11.3. The first-order chi connectivity index (χ1) is 8.24. The van der Waals surface area contributed by atoms with Crippen LogP contribution in [-0.4, -0.2) is 47.6 Å². The van der Waals surface area contributed by atoms with Gasteiger partial charge in [0.05, 0.1) is 0 Å². The Hall–Kier alpha value is 0.347. The van der Waals surface area contributed by atoms with Gasteiger partial charge in [-0.1, -0.05) is 0 Å². The molecule has 1 rings (SSSR count). The fraction of sp³-hybridized carbons (Fsp3) is 1.00. The van der Waals surface area contributed by atoms with Crippen LogP contribution in [-0.2, 0) is 13.3 Å². The number of halogens is 1. The van der Waals surface area contributed by atoms with Gasteiger partial charge in [0.1, 0.15) is 0 Å². The summed E-state index contributed by atoms with van der Waals surface area (Å²) in [5, 5.41) is 3.00. The lowest BCUT2D eigenvalue weighted by molar-refractivity contribution is 0.0712. The van der Waals surface area contributed by atoms with Crippen molar-refractivity contribution in [3.05, 3.63) is 0 Å². The van der Waals surface area contributed by atoms with Crippen LogP contribution in [0.15, 0.2) is 0 Å². The van der Waals surface area contributed by atoms with Crippen molar-refractivity contribution in [1.82, 2.24) is 5.32 Å². The van der Waals surface area contributed by atoms with Crippen LogP contribution >= 0.6 is 11.6 Å². The van der Waals surface area contributed by atoms with Crippen LogP contribution in [0.5, 0.6) is 0 Å². The minimum absolute atomic E-state index is 0.627.